The zero-order valence-corrected chi connectivity index (χ0v) is 10.00. The van der Waals surface area contributed by atoms with E-state index >= 15 is 0 Å². The van der Waals surface area contributed by atoms with E-state index in [1.807, 2.05) is 30.3 Å². The Morgan fingerprint density at radius 1 is 1.18 bits per heavy atom. The molecule has 92 valence electrons. The molecule has 2 N–H and O–H groups in total. The second kappa shape index (κ2) is 5.99. The molecule has 0 saturated heterocycles. The fourth-order valence-electron chi connectivity index (χ4n) is 2.37. The minimum atomic E-state index is -0.568. The first-order chi connectivity index (χ1) is 8.27. The molecule has 2 rings (SSSR count). The molecule has 0 heterocycles. The van der Waals surface area contributed by atoms with Gasteiger partial charge in [0.2, 0.25) is 0 Å². The number of hydrogen-bond donors (Lipinski definition) is 2. The number of aliphatic hydroxyl groups is 2. The van der Waals surface area contributed by atoms with Gasteiger partial charge in [-0.1, -0.05) is 42.5 Å². The van der Waals surface area contributed by atoms with E-state index in [-0.39, 0.29) is 5.92 Å². The largest absolute Gasteiger partial charge is 0.392 e. The van der Waals surface area contributed by atoms with Gasteiger partial charge in [0.15, 0.2) is 0 Å². The predicted octanol–water partition coefficient (Wildman–Crippen LogP) is 2.83. The van der Waals surface area contributed by atoms with Gasteiger partial charge in [-0.05, 0) is 24.8 Å². The molecule has 3 atom stereocenters. The average Bonchev–Trinajstić information content (AvgIpc) is 2.40. The lowest BCUT2D eigenvalue weighted by molar-refractivity contribution is 0.0521. The van der Waals surface area contributed by atoms with Crippen molar-refractivity contribution in [3.05, 3.63) is 48.0 Å². The molecule has 0 aliphatic heterocycles. The molecular weight excluding hydrogens is 212 g/mol. The van der Waals surface area contributed by atoms with E-state index in [2.05, 4.69) is 12.2 Å². The van der Waals surface area contributed by atoms with E-state index in [9.17, 15) is 10.2 Å². The SMILES string of the molecule is O[C@@H](C[C@H](O)C1C=CCCC1)c1ccccc1. The van der Waals surface area contributed by atoms with Crippen LogP contribution in [0.4, 0.5) is 0 Å². The van der Waals surface area contributed by atoms with Crippen molar-refractivity contribution in [1.82, 2.24) is 0 Å². The van der Waals surface area contributed by atoms with Crippen LogP contribution in [-0.4, -0.2) is 16.3 Å². The monoisotopic (exact) mass is 232 g/mol. The molecule has 1 aromatic rings. The Morgan fingerprint density at radius 2 is 1.94 bits per heavy atom. The summed E-state index contributed by atoms with van der Waals surface area (Å²) in [4.78, 5) is 0. The van der Waals surface area contributed by atoms with Crippen molar-refractivity contribution < 1.29 is 10.2 Å². The Labute approximate surface area is 103 Å². The summed E-state index contributed by atoms with van der Waals surface area (Å²) in [5.74, 6) is 0.210. The molecule has 1 aliphatic rings. The Hall–Kier alpha value is -1.12. The van der Waals surface area contributed by atoms with Gasteiger partial charge in [-0.15, -0.1) is 0 Å². The van der Waals surface area contributed by atoms with Gasteiger partial charge in [-0.2, -0.15) is 0 Å². The summed E-state index contributed by atoms with van der Waals surface area (Å²) in [7, 11) is 0. The van der Waals surface area contributed by atoms with Crippen molar-refractivity contribution in [3.63, 3.8) is 0 Å². The quantitative estimate of drug-likeness (QED) is 0.784. The van der Waals surface area contributed by atoms with Gasteiger partial charge >= 0.3 is 0 Å². The van der Waals surface area contributed by atoms with Gasteiger partial charge in [0.25, 0.3) is 0 Å². The highest BCUT2D eigenvalue weighted by atomic mass is 16.3. The van der Waals surface area contributed by atoms with E-state index in [0.717, 1.165) is 24.8 Å². The topological polar surface area (TPSA) is 40.5 Å². The van der Waals surface area contributed by atoms with Crippen LogP contribution in [-0.2, 0) is 0 Å². The highest BCUT2D eigenvalue weighted by molar-refractivity contribution is 5.17. The summed E-state index contributed by atoms with van der Waals surface area (Å²) in [6.07, 6.45) is 6.91. The number of allylic oxidation sites excluding steroid dienone is 1. The molecule has 1 aromatic carbocycles. The smallest absolute Gasteiger partial charge is 0.0814 e. The molecule has 0 bridgehead atoms. The molecule has 0 amide bonds. The summed E-state index contributed by atoms with van der Waals surface area (Å²) < 4.78 is 0. The lowest BCUT2D eigenvalue weighted by atomic mass is 9.87. The lowest BCUT2D eigenvalue weighted by Crippen LogP contribution is -2.22. The van der Waals surface area contributed by atoms with Crippen molar-refractivity contribution in [2.24, 2.45) is 5.92 Å². The highest BCUT2D eigenvalue weighted by Crippen LogP contribution is 2.26. The summed E-state index contributed by atoms with van der Waals surface area (Å²) >= 11 is 0. The number of rotatable bonds is 4. The predicted molar refractivity (Wildman–Crippen MR) is 68.5 cm³/mol. The molecule has 1 aliphatic carbocycles. The van der Waals surface area contributed by atoms with Crippen molar-refractivity contribution in [1.29, 1.82) is 0 Å². The number of benzene rings is 1. The van der Waals surface area contributed by atoms with E-state index in [1.54, 1.807) is 0 Å². The molecule has 0 aromatic heterocycles. The third-order valence-electron chi connectivity index (χ3n) is 3.43. The number of hydrogen-bond acceptors (Lipinski definition) is 2. The van der Waals surface area contributed by atoms with Gasteiger partial charge in [0, 0.05) is 12.3 Å². The fraction of sp³-hybridized carbons (Fsp3) is 0.467. The van der Waals surface area contributed by atoms with Crippen LogP contribution in [0.25, 0.3) is 0 Å². The molecule has 1 unspecified atom stereocenters. The first-order valence-corrected chi connectivity index (χ1v) is 6.35. The third kappa shape index (κ3) is 3.42. The van der Waals surface area contributed by atoms with Crippen molar-refractivity contribution in [2.45, 2.75) is 37.9 Å². The lowest BCUT2D eigenvalue weighted by Gasteiger charge is -2.24. The normalized spacial score (nSPS) is 23.3. The standard InChI is InChI=1S/C15H20O2/c16-14(12-7-3-1-4-8-12)11-15(17)13-9-5-2-6-10-13/h1,3-5,7-9,13-17H,2,6,10-11H2/t13?,14-,15-/m0/s1. The van der Waals surface area contributed by atoms with Gasteiger partial charge in [0.1, 0.15) is 0 Å². The van der Waals surface area contributed by atoms with Crippen LogP contribution in [0.1, 0.15) is 37.4 Å². The average molecular weight is 232 g/mol. The van der Waals surface area contributed by atoms with E-state index in [4.69, 9.17) is 0 Å². The Bertz CT molecular complexity index is 358. The van der Waals surface area contributed by atoms with E-state index < -0.39 is 12.2 Å². The molecule has 2 nitrogen and oxygen atoms in total. The van der Waals surface area contributed by atoms with Crippen LogP contribution in [0.2, 0.25) is 0 Å². The summed E-state index contributed by atoms with van der Waals surface area (Å²) in [6.45, 7) is 0. The Morgan fingerprint density at radius 3 is 2.59 bits per heavy atom. The molecule has 0 fully saturated rings. The van der Waals surface area contributed by atoms with Crippen molar-refractivity contribution in [3.8, 4) is 0 Å². The summed E-state index contributed by atoms with van der Waals surface area (Å²) in [6, 6.07) is 9.54. The van der Waals surface area contributed by atoms with E-state index in [0.29, 0.717) is 6.42 Å². The maximum atomic E-state index is 10.1. The number of aliphatic hydroxyl groups excluding tert-OH is 2. The van der Waals surface area contributed by atoms with Crippen LogP contribution < -0.4 is 0 Å². The van der Waals surface area contributed by atoms with Crippen LogP contribution >= 0.6 is 0 Å². The van der Waals surface area contributed by atoms with Gasteiger partial charge in [0.05, 0.1) is 12.2 Å². The second-order valence-electron chi connectivity index (χ2n) is 4.75. The second-order valence-corrected chi connectivity index (χ2v) is 4.75. The zero-order valence-electron chi connectivity index (χ0n) is 10.00. The maximum Gasteiger partial charge on any atom is 0.0814 e. The summed E-state index contributed by atoms with van der Waals surface area (Å²) in [5.41, 5.74) is 0.881. The first-order valence-electron chi connectivity index (χ1n) is 6.35. The van der Waals surface area contributed by atoms with Gasteiger partial charge in [-0.3, -0.25) is 0 Å². The molecular formula is C15H20O2. The Kier molecular flexibility index (Phi) is 4.35. The highest BCUT2D eigenvalue weighted by Gasteiger charge is 2.21. The fourth-order valence-corrected chi connectivity index (χ4v) is 2.37. The molecule has 0 spiro atoms. The molecule has 2 heteroatoms. The Balaban J connectivity index is 1.92. The minimum Gasteiger partial charge on any atom is -0.392 e. The molecule has 17 heavy (non-hydrogen) atoms. The van der Waals surface area contributed by atoms with Crippen LogP contribution in [0.5, 0.6) is 0 Å². The van der Waals surface area contributed by atoms with Crippen LogP contribution in [0, 0.1) is 5.92 Å². The summed E-state index contributed by atoms with van der Waals surface area (Å²) in [5, 5.41) is 20.1. The van der Waals surface area contributed by atoms with Gasteiger partial charge in [-0.25, -0.2) is 0 Å². The van der Waals surface area contributed by atoms with Crippen molar-refractivity contribution >= 4 is 0 Å². The van der Waals surface area contributed by atoms with E-state index in [1.165, 1.54) is 0 Å². The molecule has 0 radical (unpaired) electrons. The zero-order chi connectivity index (χ0) is 12.1. The molecule has 0 saturated carbocycles. The maximum absolute atomic E-state index is 10.1. The van der Waals surface area contributed by atoms with Crippen LogP contribution in [0.15, 0.2) is 42.5 Å². The first kappa shape index (κ1) is 12.3. The van der Waals surface area contributed by atoms with Crippen LogP contribution in [0.3, 0.4) is 0 Å². The van der Waals surface area contributed by atoms with Gasteiger partial charge < -0.3 is 10.2 Å². The minimum absolute atomic E-state index is 0.210. The third-order valence-corrected chi connectivity index (χ3v) is 3.43. The van der Waals surface area contributed by atoms with Crippen molar-refractivity contribution in [2.75, 3.05) is 0 Å².